The van der Waals surface area contributed by atoms with E-state index in [9.17, 15) is 27.6 Å². The van der Waals surface area contributed by atoms with Gasteiger partial charge in [-0.05, 0) is 48.6 Å². The van der Waals surface area contributed by atoms with Crippen molar-refractivity contribution in [2.75, 3.05) is 19.6 Å². The summed E-state index contributed by atoms with van der Waals surface area (Å²) < 4.78 is 42.1. The number of nitrogens with one attached hydrogen (secondary N) is 2. The number of H-pyrrole nitrogens is 2. The molecule has 210 valence electrons. The van der Waals surface area contributed by atoms with Crippen LogP contribution in [0, 0.1) is 5.92 Å². The average Bonchev–Trinajstić information content (AvgIpc) is 3.50. The molecule has 1 atom stereocenters. The Bertz CT molecular complexity index is 1670. The number of fused-ring (bicyclic) bond motifs is 4. The SMILES string of the molecule is O=C(C[C@@H]1Cc2cc(Cl)c3[nH]ncc3c2CN(CC(F)(F)F)C1=O)N1CCC(n2c(=O)[nH]c3ccccc32)CC1. The van der Waals surface area contributed by atoms with Crippen molar-refractivity contribution in [1.29, 1.82) is 0 Å². The highest BCUT2D eigenvalue weighted by Crippen LogP contribution is 2.35. The molecule has 9 nitrogen and oxygen atoms in total. The van der Waals surface area contributed by atoms with Crippen LogP contribution in [0.5, 0.6) is 0 Å². The molecule has 2 aliphatic rings. The molecule has 4 aromatic rings. The van der Waals surface area contributed by atoms with Gasteiger partial charge in [-0.1, -0.05) is 23.7 Å². The molecular weight excluding hydrogens is 549 g/mol. The number of carbonyl (C=O) groups is 2. The van der Waals surface area contributed by atoms with Crippen LogP contribution in [-0.4, -0.2) is 67.2 Å². The lowest BCUT2D eigenvalue weighted by Gasteiger charge is -2.33. The maximum Gasteiger partial charge on any atom is 0.406 e. The van der Waals surface area contributed by atoms with Crippen molar-refractivity contribution in [2.24, 2.45) is 5.92 Å². The van der Waals surface area contributed by atoms with E-state index >= 15 is 0 Å². The summed E-state index contributed by atoms with van der Waals surface area (Å²) >= 11 is 6.40. The van der Waals surface area contributed by atoms with E-state index in [1.807, 2.05) is 24.3 Å². The van der Waals surface area contributed by atoms with E-state index in [0.717, 1.165) is 15.9 Å². The monoisotopic (exact) mass is 574 g/mol. The van der Waals surface area contributed by atoms with Crippen LogP contribution in [-0.2, 0) is 22.6 Å². The molecule has 1 saturated heterocycles. The van der Waals surface area contributed by atoms with Crippen LogP contribution in [0.4, 0.5) is 13.2 Å². The second-order valence-electron chi connectivity index (χ2n) is 10.5. The molecule has 2 aromatic carbocycles. The third-order valence-corrected chi connectivity index (χ3v) is 8.26. The fraction of sp³-hybridized carbons (Fsp3) is 0.407. The number of aromatic amines is 2. The predicted molar refractivity (Wildman–Crippen MR) is 142 cm³/mol. The maximum absolute atomic E-state index is 13.5. The normalized spacial score (nSPS) is 18.9. The number of rotatable bonds is 4. The number of piperidine rings is 1. The van der Waals surface area contributed by atoms with Gasteiger partial charge in [0.1, 0.15) is 6.54 Å². The molecule has 0 aliphatic carbocycles. The quantitative estimate of drug-likeness (QED) is 0.381. The highest BCUT2D eigenvalue weighted by Gasteiger charge is 2.39. The third-order valence-electron chi connectivity index (χ3n) is 7.97. The van der Waals surface area contributed by atoms with Gasteiger partial charge in [0.25, 0.3) is 0 Å². The van der Waals surface area contributed by atoms with E-state index in [1.165, 1.54) is 6.20 Å². The van der Waals surface area contributed by atoms with E-state index in [1.54, 1.807) is 15.5 Å². The standard InChI is InChI=1S/C27H26ClF3N6O3/c28-20-10-15-9-16(25(39)36(14-27(29,30)31)13-19(15)18-12-32-34-24(18)20)11-23(38)35-7-5-17(6-8-35)37-22-4-2-1-3-21(22)33-26(37)40/h1-4,10,12,16-17H,5-9,11,13-14H2,(H,32,34)(H,33,40)/t16-/m0/s1. The van der Waals surface area contributed by atoms with Gasteiger partial charge in [-0.15, -0.1) is 0 Å². The number of imidazole rings is 1. The first-order valence-electron chi connectivity index (χ1n) is 13.0. The summed E-state index contributed by atoms with van der Waals surface area (Å²) in [6, 6.07) is 8.96. The summed E-state index contributed by atoms with van der Waals surface area (Å²) in [5.41, 5.74) is 3.01. The van der Waals surface area contributed by atoms with Crippen molar-refractivity contribution in [3.63, 3.8) is 0 Å². The molecule has 2 amide bonds. The van der Waals surface area contributed by atoms with E-state index in [4.69, 9.17) is 11.6 Å². The Morgan fingerprint density at radius 2 is 1.90 bits per heavy atom. The van der Waals surface area contributed by atoms with E-state index in [0.29, 0.717) is 53.0 Å². The third kappa shape index (κ3) is 4.85. The number of carbonyl (C=O) groups excluding carboxylic acids is 2. The summed E-state index contributed by atoms with van der Waals surface area (Å²) in [7, 11) is 0. The molecule has 2 aliphatic heterocycles. The average molecular weight is 575 g/mol. The first kappa shape index (κ1) is 26.4. The van der Waals surface area contributed by atoms with Crippen LogP contribution < -0.4 is 5.69 Å². The van der Waals surface area contributed by atoms with Crippen molar-refractivity contribution in [3.8, 4) is 0 Å². The first-order chi connectivity index (χ1) is 19.1. The fourth-order valence-corrected chi connectivity index (χ4v) is 6.37. The van der Waals surface area contributed by atoms with Gasteiger partial charge in [0.15, 0.2) is 0 Å². The van der Waals surface area contributed by atoms with Crippen LogP contribution in [0.25, 0.3) is 21.9 Å². The van der Waals surface area contributed by atoms with Crippen molar-refractivity contribution < 1.29 is 22.8 Å². The van der Waals surface area contributed by atoms with E-state index < -0.39 is 24.5 Å². The Morgan fingerprint density at radius 1 is 1.15 bits per heavy atom. The fourth-order valence-electron chi connectivity index (χ4n) is 6.09. The number of likely N-dealkylation sites (tertiary alicyclic amines) is 1. The summed E-state index contributed by atoms with van der Waals surface area (Å²) in [6.45, 7) is -0.916. The molecule has 4 heterocycles. The van der Waals surface area contributed by atoms with Gasteiger partial charge < -0.3 is 14.8 Å². The topological polar surface area (TPSA) is 107 Å². The van der Waals surface area contributed by atoms with Crippen LogP contribution >= 0.6 is 11.6 Å². The van der Waals surface area contributed by atoms with Gasteiger partial charge in [0, 0.05) is 37.5 Å². The zero-order valence-electron chi connectivity index (χ0n) is 21.3. The molecule has 1 fully saturated rings. The Balaban J connectivity index is 1.21. The maximum atomic E-state index is 13.5. The van der Waals surface area contributed by atoms with Gasteiger partial charge in [-0.25, -0.2) is 4.79 Å². The molecule has 13 heteroatoms. The van der Waals surface area contributed by atoms with Crippen LogP contribution in [0.2, 0.25) is 5.02 Å². The molecule has 0 bridgehead atoms. The van der Waals surface area contributed by atoms with E-state index in [2.05, 4.69) is 15.2 Å². The van der Waals surface area contributed by atoms with Crippen LogP contribution in [0.15, 0.2) is 41.3 Å². The van der Waals surface area contributed by atoms with Gasteiger partial charge in [0.2, 0.25) is 11.8 Å². The molecule has 6 rings (SSSR count). The van der Waals surface area contributed by atoms with Crippen molar-refractivity contribution in [1.82, 2.24) is 29.5 Å². The predicted octanol–water partition coefficient (Wildman–Crippen LogP) is 4.18. The van der Waals surface area contributed by atoms with Crippen molar-refractivity contribution in [2.45, 2.75) is 44.4 Å². The second-order valence-corrected chi connectivity index (χ2v) is 10.9. The molecule has 40 heavy (non-hydrogen) atoms. The number of aromatic nitrogens is 4. The summed E-state index contributed by atoms with van der Waals surface area (Å²) in [6.07, 6.45) is -2.14. The molecule has 0 spiro atoms. The number of halogens is 4. The Hall–Kier alpha value is -3.80. The highest BCUT2D eigenvalue weighted by molar-refractivity contribution is 6.35. The minimum absolute atomic E-state index is 0.0936. The summed E-state index contributed by atoms with van der Waals surface area (Å²) in [4.78, 5) is 44.6. The zero-order chi connectivity index (χ0) is 28.2. The van der Waals surface area contributed by atoms with Crippen molar-refractivity contribution in [3.05, 3.63) is 63.2 Å². The van der Waals surface area contributed by atoms with E-state index in [-0.39, 0.29) is 37.0 Å². The van der Waals surface area contributed by atoms with Gasteiger partial charge in [-0.3, -0.25) is 19.3 Å². The number of hydrogen-bond acceptors (Lipinski definition) is 4. The van der Waals surface area contributed by atoms with Crippen molar-refractivity contribution >= 4 is 45.4 Å². The van der Waals surface area contributed by atoms with Gasteiger partial charge in [-0.2, -0.15) is 18.3 Å². The molecule has 0 saturated carbocycles. The summed E-state index contributed by atoms with van der Waals surface area (Å²) in [5.74, 6) is -1.98. The molecule has 2 N–H and O–H groups in total. The number of benzene rings is 2. The molecule has 2 aromatic heterocycles. The van der Waals surface area contributed by atoms with Gasteiger partial charge >= 0.3 is 11.9 Å². The number of amides is 2. The number of para-hydroxylation sites is 2. The lowest BCUT2D eigenvalue weighted by Crippen LogP contribution is -2.44. The smallest absolute Gasteiger partial charge is 0.343 e. The molecule has 0 unspecified atom stereocenters. The number of hydrogen-bond donors (Lipinski definition) is 2. The highest BCUT2D eigenvalue weighted by atomic mass is 35.5. The second kappa shape index (κ2) is 9.99. The molecular formula is C27H26ClF3N6O3. The molecule has 0 radical (unpaired) electrons. The van der Waals surface area contributed by atoms with Crippen LogP contribution in [0.3, 0.4) is 0 Å². The minimum atomic E-state index is -4.60. The Morgan fingerprint density at radius 3 is 2.65 bits per heavy atom. The first-order valence-corrected chi connectivity index (χ1v) is 13.4. The zero-order valence-corrected chi connectivity index (χ0v) is 22.1. The lowest BCUT2D eigenvalue weighted by atomic mass is 9.92. The largest absolute Gasteiger partial charge is 0.406 e. The Kier molecular flexibility index (Phi) is 6.60. The summed E-state index contributed by atoms with van der Waals surface area (Å²) in [5, 5.41) is 7.64. The minimum Gasteiger partial charge on any atom is -0.343 e. The number of alkyl halides is 3. The lowest BCUT2D eigenvalue weighted by molar-refractivity contribution is -0.165. The number of nitrogens with zero attached hydrogens (tertiary/aromatic N) is 4. The Labute approximate surface area is 230 Å². The van der Waals surface area contributed by atoms with Crippen LogP contribution in [0.1, 0.15) is 36.4 Å². The van der Waals surface area contributed by atoms with Gasteiger partial charge in [0.05, 0.1) is 33.7 Å².